The maximum Gasteiger partial charge on any atom is 0.145 e. The maximum atomic E-state index is 5.49. The van der Waals surface area contributed by atoms with Crippen molar-refractivity contribution < 1.29 is 4.74 Å². The third kappa shape index (κ3) is 4.06. The number of hydrazine groups is 1. The van der Waals surface area contributed by atoms with Crippen molar-refractivity contribution in [1.82, 2.24) is 9.97 Å². The van der Waals surface area contributed by atoms with Crippen LogP contribution in [0.4, 0.5) is 17.3 Å². The second kappa shape index (κ2) is 6.90. The summed E-state index contributed by atoms with van der Waals surface area (Å²) in [6.45, 7) is 6.67. The Morgan fingerprint density at radius 3 is 2.62 bits per heavy atom. The number of hydrogen-bond acceptors (Lipinski definition) is 6. The van der Waals surface area contributed by atoms with Gasteiger partial charge in [-0.3, -0.25) is 0 Å². The summed E-state index contributed by atoms with van der Waals surface area (Å²) >= 11 is 0. The van der Waals surface area contributed by atoms with E-state index < -0.39 is 0 Å². The largest absolute Gasteiger partial charge is 0.494 e. The summed E-state index contributed by atoms with van der Waals surface area (Å²) in [5, 5.41) is 3.25. The quantitative estimate of drug-likeness (QED) is 0.559. The van der Waals surface area contributed by atoms with E-state index in [2.05, 4.69) is 20.7 Å². The fourth-order valence-electron chi connectivity index (χ4n) is 1.84. The van der Waals surface area contributed by atoms with Gasteiger partial charge in [-0.1, -0.05) is 19.9 Å². The molecule has 0 fully saturated rings. The molecule has 2 aromatic rings. The van der Waals surface area contributed by atoms with Gasteiger partial charge in [-0.25, -0.2) is 15.8 Å². The number of anilines is 3. The van der Waals surface area contributed by atoms with E-state index in [1.807, 2.05) is 45.0 Å². The average molecular weight is 287 g/mol. The fourth-order valence-corrected chi connectivity index (χ4v) is 1.84. The highest BCUT2D eigenvalue weighted by atomic mass is 16.5. The molecule has 6 nitrogen and oxygen atoms in total. The third-order valence-electron chi connectivity index (χ3n) is 2.83. The van der Waals surface area contributed by atoms with Crippen LogP contribution in [0.1, 0.15) is 32.5 Å². The van der Waals surface area contributed by atoms with Gasteiger partial charge in [0.25, 0.3) is 0 Å². The highest BCUT2D eigenvalue weighted by Crippen LogP contribution is 2.23. The van der Waals surface area contributed by atoms with E-state index >= 15 is 0 Å². The van der Waals surface area contributed by atoms with Crippen LogP contribution in [0.15, 0.2) is 30.3 Å². The molecule has 0 amide bonds. The summed E-state index contributed by atoms with van der Waals surface area (Å²) in [4.78, 5) is 8.82. The Morgan fingerprint density at radius 2 is 1.95 bits per heavy atom. The van der Waals surface area contributed by atoms with E-state index in [1.54, 1.807) is 6.07 Å². The Morgan fingerprint density at radius 1 is 1.19 bits per heavy atom. The van der Waals surface area contributed by atoms with Gasteiger partial charge in [-0.05, 0) is 19.1 Å². The first kappa shape index (κ1) is 15.1. The summed E-state index contributed by atoms with van der Waals surface area (Å²) in [6.07, 6.45) is 0. The molecule has 0 aliphatic heterocycles. The van der Waals surface area contributed by atoms with Gasteiger partial charge < -0.3 is 15.5 Å². The number of hydrogen-bond donors (Lipinski definition) is 3. The monoisotopic (exact) mass is 287 g/mol. The number of aromatic nitrogens is 2. The predicted octanol–water partition coefficient (Wildman–Crippen LogP) is 3.03. The van der Waals surface area contributed by atoms with E-state index in [4.69, 9.17) is 10.6 Å². The molecule has 4 N–H and O–H groups in total. The van der Waals surface area contributed by atoms with E-state index in [-0.39, 0.29) is 5.92 Å². The van der Waals surface area contributed by atoms with Crippen LogP contribution in [0.5, 0.6) is 5.75 Å². The predicted molar refractivity (Wildman–Crippen MR) is 84.8 cm³/mol. The molecule has 1 aromatic carbocycles. The molecule has 1 heterocycles. The Hall–Kier alpha value is -2.34. The van der Waals surface area contributed by atoms with Crippen molar-refractivity contribution in [3.63, 3.8) is 0 Å². The highest BCUT2D eigenvalue weighted by molar-refractivity contribution is 5.60. The molecule has 21 heavy (non-hydrogen) atoms. The summed E-state index contributed by atoms with van der Waals surface area (Å²) in [5.74, 6) is 8.49. The Labute approximate surface area is 124 Å². The average Bonchev–Trinajstić information content (AvgIpc) is 2.47. The van der Waals surface area contributed by atoms with Crippen LogP contribution in [0.2, 0.25) is 0 Å². The zero-order valence-electron chi connectivity index (χ0n) is 12.6. The minimum Gasteiger partial charge on any atom is -0.494 e. The molecule has 0 spiro atoms. The molecule has 0 atom stereocenters. The van der Waals surface area contributed by atoms with Crippen molar-refractivity contribution in [2.24, 2.45) is 5.84 Å². The molecular formula is C15H21N5O. The van der Waals surface area contributed by atoms with Crippen LogP contribution in [0, 0.1) is 0 Å². The SMILES string of the molecule is CCOc1cccc(Nc2cc(NN)nc(C(C)C)n2)c1. The lowest BCUT2D eigenvalue weighted by atomic mass is 10.2. The molecule has 6 heteroatoms. The molecule has 2 rings (SSSR count). The lowest BCUT2D eigenvalue weighted by molar-refractivity contribution is 0.340. The van der Waals surface area contributed by atoms with Gasteiger partial charge in [0.15, 0.2) is 0 Å². The van der Waals surface area contributed by atoms with Gasteiger partial charge in [0.2, 0.25) is 0 Å². The van der Waals surface area contributed by atoms with Gasteiger partial charge in [-0.15, -0.1) is 0 Å². The zero-order chi connectivity index (χ0) is 15.2. The highest BCUT2D eigenvalue weighted by Gasteiger charge is 2.08. The molecule has 0 aliphatic carbocycles. The minimum atomic E-state index is 0.216. The smallest absolute Gasteiger partial charge is 0.145 e. The summed E-state index contributed by atoms with van der Waals surface area (Å²) in [6, 6.07) is 9.49. The molecular weight excluding hydrogens is 266 g/mol. The summed E-state index contributed by atoms with van der Waals surface area (Å²) in [7, 11) is 0. The number of nitrogen functional groups attached to an aromatic ring is 1. The molecule has 1 aromatic heterocycles. The second-order valence-electron chi connectivity index (χ2n) is 4.88. The van der Waals surface area contributed by atoms with Crippen LogP contribution in [0.25, 0.3) is 0 Å². The standard InChI is InChI=1S/C15H21N5O/c1-4-21-12-7-5-6-11(8-12)17-13-9-14(20-16)19-15(18-13)10(2)3/h5-10H,4,16H2,1-3H3,(H2,17,18,19,20). The van der Waals surface area contributed by atoms with Gasteiger partial charge in [-0.2, -0.15) is 0 Å². The molecule has 0 aliphatic rings. The van der Waals surface area contributed by atoms with Crippen molar-refractivity contribution in [3.05, 3.63) is 36.2 Å². The summed E-state index contributed by atoms with van der Waals surface area (Å²) in [5.41, 5.74) is 3.46. The van der Waals surface area contributed by atoms with Crippen LogP contribution in [-0.4, -0.2) is 16.6 Å². The molecule has 0 saturated carbocycles. The fraction of sp³-hybridized carbons (Fsp3) is 0.333. The van der Waals surface area contributed by atoms with Crippen molar-refractivity contribution in [2.45, 2.75) is 26.7 Å². The maximum absolute atomic E-state index is 5.49. The second-order valence-corrected chi connectivity index (χ2v) is 4.88. The van der Waals surface area contributed by atoms with Gasteiger partial charge in [0, 0.05) is 23.7 Å². The van der Waals surface area contributed by atoms with Gasteiger partial charge in [0.1, 0.15) is 23.2 Å². The van der Waals surface area contributed by atoms with Crippen molar-refractivity contribution in [1.29, 1.82) is 0 Å². The first-order valence-electron chi connectivity index (χ1n) is 6.98. The Bertz CT molecular complexity index is 600. The zero-order valence-corrected chi connectivity index (χ0v) is 12.6. The molecule has 0 bridgehead atoms. The molecule has 0 saturated heterocycles. The lowest BCUT2D eigenvalue weighted by Crippen LogP contribution is -2.12. The van der Waals surface area contributed by atoms with Gasteiger partial charge >= 0.3 is 0 Å². The van der Waals surface area contributed by atoms with E-state index in [0.29, 0.717) is 18.2 Å². The van der Waals surface area contributed by atoms with Crippen LogP contribution >= 0.6 is 0 Å². The van der Waals surface area contributed by atoms with Crippen molar-refractivity contribution in [3.8, 4) is 5.75 Å². The van der Waals surface area contributed by atoms with Gasteiger partial charge in [0.05, 0.1) is 6.61 Å². The van der Waals surface area contributed by atoms with Crippen molar-refractivity contribution in [2.75, 3.05) is 17.3 Å². The van der Waals surface area contributed by atoms with Crippen LogP contribution < -0.4 is 21.3 Å². The molecule has 0 radical (unpaired) electrons. The number of nitrogens with zero attached hydrogens (tertiary/aromatic N) is 2. The Balaban J connectivity index is 2.26. The van der Waals surface area contributed by atoms with Crippen LogP contribution in [0.3, 0.4) is 0 Å². The number of benzene rings is 1. The molecule has 0 unspecified atom stereocenters. The third-order valence-corrected chi connectivity index (χ3v) is 2.83. The normalized spacial score (nSPS) is 10.5. The number of nitrogens with one attached hydrogen (secondary N) is 2. The minimum absolute atomic E-state index is 0.216. The van der Waals surface area contributed by atoms with Crippen molar-refractivity contribution >= 4 is 17.3 Å². The van der Waals surface area contributed by atoms with E-state index in [1.165, 1.54) is 0 Å². The lowest BCUT2D eigenvalue weighted by Gasteiger charge is -2.12. The van der Waals surface area contributed by atoms with Crippen LogP contribution in [-0.2, 0) is 0 Å². The molecule has 112 valence electrons. The summed E-state index contributed by atoms with van der Waals surface area (Å²) < 4.78 is 5.49. The number of ether oxygens (including phenoxy) is 1. The Kier molecular flexibility index (Phi) is 4.94. The van der Waals surface area contributed by atoms with E-state index in [9.17, 15) is 0 Å². The van der Waals surface area contributed by atoms with E-state index in [0.717, 1.165) is 17.3 Å². The first-order chi connectivity index (χ1) is 10.1. The topological polar surface area (TPSA) is 85.1 Å². The number of rotatable bonds is 6. The first-order valence-corrected chi connectivity index (χ1v) is 6.98. The number of nitrogens with two attached hydrogens (primary N) is 1.